The van der Waals surface area contributed by atoms with Crippen LogP contribution in [0, 0.1) is 0 Å². The number of amides is 1. The van der Waals surface area contributed by atoms with Crippen LogP contribution in [0.25, 0.3) is 0 Å². The summed E-state index contributed by atoms with van der Waals surface area (Å²) in [6, 6.07) is 7.51. The predicted molar refractivity (Wildman–Crippen MR) is 74.0 cm³/mol. The summed E-state index contributed by atoms with van der Waals surface area (Å²) in [4.78, 5) is 15.7. The van der Waals surface area contributed by atoms with Crippen molar-refractivity contribution in [2.75, 3.05) is 32.6 Å². The van der Waals surface area contributed by atoms with Crippen LogP contribution in [-0.4, -0.2) is 49.7 Å². The molecule has 0 saturated heterocycles. The van der Waals surface area contributed by atoms with Crippen molar-refractivity contribution in [1.82, 2.24) is 4.90 Å². The van der Waals surface area contributed by atoms with Crippen LogP contribution >= 0.6 is 0 Å². The molecular formula is C14H22N2O2. The van der Waals surface area contributed by atoms with Gasteiger partial charge in [0.25, 0.3) is 5.91 Å². The van der Waals surface area contributed by atoms with Gasteiger partial charge in [0.2, 0.25) is 0 Å². The Balaban J connectivity index is 2.66. The van der Waals surface area contributed by atoms with E-state index in [4.69, 9.17) is 0 Å². The molecule has 0 aliphatic carbocycles. The maximum atomic E-state index is 12.1. The lowest BCUT2D eigenvalue weighted by molar-refractivity contribution is 0.0769. The van der Waals surface area contributed by atoms with E-state index in [1.807, 2.05) is 43.3 Å². The van der Waals surface area contributed by atoms with Gasteiger partial charge in [-0.25, -0.2) is 0 Å². The number of nitrogens with zero attached hydrogens (tertiary/aromatic N) is 2. The van der Waals surface area contributed by atoms with E-state index in [2.05, 4.69) is 0 Å². The quantitative estimate of drug-likeness (QED) is 0.863. The first-order valence-corrected chi connectivity index (χ1v) is 6.12. The van der Waals surface area contributed by atoms with E-state index in [-0.39, 0.29) is 12.0 Å². The fourth-order valence-corrected chi connectivity index (χ4v) is 1.60. The van der Waals surface area contributed by atoms with Gasteiger partial charge in [-0.1, -0.05) is 0 Å². The van der Waals surface area contributed by atoms with Crippen molar-refractivity contribution in [3.8, 4) is 0 Å². The van der Waals surface area contributed by atoms with Crippen molar-refractivity contribution in [2.45, 2.75) is 19.4 Å². The van der Waals surface area contributed by atoms with E-state index in [1.54, 1.807) is 18.9 Å². The van der Waals surface area contributed by atoms with Crippen molar-refractivity contribution in [1.29, 1.82) is 0 Å². The van der Waals surface area contributed by atoms with Gasteiger partial charge in [-0.2, -0.15) is 0 Å². The van der Waals surface area contributed by atoms with E-state index < -0.39 is 0 Å². The van der Waals surface area contributed by atoms with E-state index in [9.17, 15) is 9.90 Å². The normalized spacial score (nSPS) is 12.1. The summed E-state index contributed by atoms with van der Waals surface area (Å²) in [5, 5.41) is 9.21. The van der Waals surface area contributed by atoms with Crippen molar-refractivity contribution in [3.05, 3.63) is 29.8 Å². The topological polar surface area (TPSA) is 43.8 Å². The minimum absolute atomic E-state index is 0.0130. The minimum atomic E-state index is -0.378. The average Bonchev–Trinajstić information content (AvgIpc) is 2.35. The summed E-state index contributed by atoms with van der Waals surface area (Å²) in [6.45, 7) is 2.29. The van der Waals surface area contributed by atoms with Gasteiger partial charge in [-0.05, 0) is 37.6 Å². The zero-order valence-corrected chi connectivity index (χ0v) is 11.6. The smallest absolute Gasteiger partial charge is 0.253 e. The molecule has 1 unspecified atom stereocenters. The second-order valence-electron chi connectivity index (χ2n) is 4.81. The first-order chi connectivity index (χ1) is 8.41. The maximum absolute atomic E-state index is 12.1. The van der Waals surface area contributed by atoms with Gasteiger partial charge in [0.15, 0.2) is 0 Å². The summed E-state index contributed by atoms with van der Waals surface area (Å²) in [6.07, 6.45) is 0.217. The van der Waals surface area contributed by atoms with E-state index in [1.165, 1.54) is 0 Å². The number of carbonyl (C=O) groups is 1. The van der Waals surface area contributed by atoms with Crippen LogP contribution in [-0.2, 0) is 0 Å². The highest BCUT2D eigenvalue weighted by atomic mass is 16.3. The van der Waals surface area contributed by atoms with Gasteiger partial charge in [0, 0.05) is 38.9 Å². The number of carbonyl (C=O) groups excluding carboxylic acids is 1. The molecule has 1 amide bonds. The third kappa shape index (κ3) is 4.04. The number of aliphatic hydroxyl groups is 1. The van der Waals surface area contributed by atoms with Crippen LogP contribution in [0.3, 0.4) is 0 Å². The van der Waals surface area contributed by atoms with Crippen LogP contribution in [0.5, 0.6) is 0 Å². The molecule has 18 heavy (non-hydrogen) atoms. The van der Waals surface area contributed by atoms with Crippen LogP contribution < -0.4 is 4.90 Å². The lowest BCUT2D eigenvalue weighted by atomic mass is 10.1. The Hall–Kier alpha value is -1.55. The zero-order chi connectivity index (χ0) is 13.7. The molecule has 1 aromatic carbocycles. The second kappa shape index (κ2) is 6.40. The van der Waals surface area contributed by atoms with Crippen LogP contribution in [0.1, 0.15) is 23.7 Å². The van der Waals surface area contributed by atoms with Gasteiger partial charge in [0.1, 0.15) is 0 Å². The molecule has 1 N–H and O–H groups in total. The third-order valence-electron chi connectivity index (χ3n) is 2.86. The molecule has 0 aliphatic heterocycles. The molecule has 0 saturated carbocycles. The summed E-state index contributed by atoms with van der Waals surface area (Å²) < 4.78 is 0. The highest BCUT2D eigenvalue weighted by Crippen LogP contribution is 2.13. The average molecular weight is 250 g/mol. The molecule has 1 aromatic rings. The molecule has 0 radical (unpaired) electrons. The number of rotatable bonds is 5. The van der Waals surface area contributed by atoms with Gasteiger partial charge < -0.3 is 14.9 Å². The van der Waals surface area contributed by atoms with Crippen LogP contribution in [0.2, 0.25) is 0 Å². The summed E-state index contributed by atoms with van der Waals surface area (Å²) in [7, 11) is 5.68. The van der Waals surface area contributed by atoms with Crippen molar-refractivity contribution in [3.63, 3.8) is 0 Å². The Labute approximate surface area is 109 Å². The molecule has 0 aliphatic rings. The SMILES string of the molecule is CC(O)CCN(C)C(=O)c1ccc(N(C)C)cc1. The standard InChI is InChI=1S/C14H22N2O2/c1-11(17)9-10-16(4)14(18)12-5-7-13(8-6-12)15(2)3/h5-8,11,17H,9-10H2,1-4H3. The second-order valence-corrected chi connectivity index (χ2v) is 4.81. The summed E-state index contributed by atoms with van der Waals surface area (Å²) >= 11 is 0. The van der Waals surface area contributed by atoms with Crippen LogP contribution in [0.15, 0.2) is 24.3 Å². The lowest BCUT2D eigenvalue weighted by Crippen LogP contribution is -2.29. The molecule has 4 heteroatoms. The highest BCUT2D eigenvalue weighted by Gasteiger charge is 2.12. The minimum Gasteiger partial charge on any atom is -0.393 e. The Kier molecular flexibility index (Phi) is 5.16. The fraction of sp³-hybridized carbons (Fsp3) is 0.500. The van der Waals surface area contributed by atoms with E-state index in [0.717, 1.165) is 5.69 Å². The molecule has 0 aromatic heterocycles. The third-order valence-corrected chi connectivity index (χ3v) is 2.86. The number of aliphatic hydroxyl groups excluding tert-OH is 1. The molecule has 0 spiro atoms. The molecule has 0 bridgehead atoms. The number of hydrogen-bond donors (Lipinski definition) is 1. The van der Waals surface area contributed by atoms with Gasteiger partial charge >= 0.3 is 0 Å². The monoisotopic (exact) mass is 250 g/mol. The Morgan fingerprint density at radius 2 is 1.78 bits per heavy atom. The predicted octanol–water partition coefficient (Wildman–Crippen LogP) is 1.60. The summed E-state index contributed by atoms with van der Waals surface area (Å²) in [5.41, 5.74) is 1.74. The van der Waals surface area contributed by atoms with E-state index in [0.29, 0.717) is 18.5 Å². The zero-order valence-electron chi connectivity index (χ0n) is 11.6. The fourth-order valence-electron chi connectivity index (χ4n) is 1.60. The molecule has 0 fully saturated rings. The molecule has 1 rings (SSSR count). The maximum Gasteiger partial charge on any atom is 0.253 e. The Bertz CT molecular complexity index is 385. The van der Waals surface area contributed by atoms with Crippen molar-refractivity contribution < 1.29 is 9.90 Å². The highest BCUT2D eigenvalue weighted by molar-refractivity contribution is 5.94. The van der Waals surface area contributed by atoms with Gasteiger partial charge in [-0.15, -0.1) is 0 Å². The van der Waals surface area contributed by atoms with Crippen molar-refractivity contribution >= 4 is 11.6 Å². The Morgan fingerprint density at radius 1 is 1.22 bits per heavy atom. The van der Waals surface area contributed by atoms with Crippen molar-refractivity contribution in [2.24, 2.45) is 0 Å². The first kappa shape index (κ1) is 14.5. The lowest BCUT2D eigenvalue weighted by Gasteiger charge is -2.19. The van der Waals surface area contributed by atoms with Gasteiger partial charge in [-0.3, -0.25) is 4.79 Å². The molecule has 4 nitrogen and oxygen atoms in total. The Morgan fingerprint density at radius 3 is 2.22 bits per heavy atom. The van der Waals surface area contributed by atoms with Crippen LogP contribution in [0.4, 0.5) is 5.69 Å². The molecule has 100 valence electrons. The molecule has 1 atom stereocenters. The number of hydrogen-bond acceptors (Lipinski definition) is 3. The van der Waals surface area contributed by atoms with E-state index >= 15 is 0 Å². The number of benzene rings is 1. The largest absolute Gasteiger partial charge is 0.393 e. The first-order valence-electron chi connectivity index (χ1n) is 6.12. The molecular weight excluding hydrogens is 228 g/mol. The van der Waals surface area contributed by atoms with Gasteiger partial charge in [0.05, 0.1) is 6.10 Å². The molecule has 0 heterocycles. The summed E-state index contributed by atoms with van der Waals surface area (Å²) in [5.74, 6) is -0.0130. The number of anilines is 1.